The van der Waals surface area contributed by atoms with Crippen molar-refractivity contribution in [2.24, 2.45) is 0 Å². The van der Waals surface area contributed by atoms with Crippen LogP contribution in [0, 0.1) is 0 Å². The Bertz CT molecular complexity index is 3450. The molecule has 284 valence electrons. The van der Waals surface area contributed by atoms with E-state index in [0.29, 0.717) is 17.5 Å². The van der Waals surface area contributed by atoms with Crippen molar-refractivity contribution in [1.29, 1.82) is 0 Å². The SMILES string of the molecule is c1ccc(-c2nc(-c3ccccc3)nc(-c3ccc4ccc5c(-c6ccc(N(c7ccc8ccccc8c7)c7ccc8ccccc8c7)cc6)ccc6ccc3c4c65)n2)cc1. The lowest BCUT2D eigenvalue weighted by Gasteiger charge is -2.26. The molecule has 1 heterocycles. The van der Waals surface area contributed by atoms with Gasteiger partial charge in [0.05, 0.1) is 0 Å². The van der Waals surface area contributed by atoms with Crippen LogP contribution in [0.4, 0.5) is 17.1 Å². The second-order valence-electron chi connectivity index (χ2n) is 15.6. The zero-order valence-electron chi connectivity index (χ0n) is 33.1. The van der Waals surface area contributed by atoms with E-state index in [-0.39, 0.29) is 0 Å². The van der Waals surface area contributed by atoms with Gasteiger partial charge in [0, 0.05) is 33.8 Å². The Morgan fingerprint density at radius 1 is 0.262 bits per heavy atom. The predicted octanol–water partition coefficient (Wildman–Crippen LogP) is 15.2. The summed E-state index contributed by atoms with van der Waals surface area (Å²) >= 11 is 0. The molecular weight excluding hydrogens is 741 g/mol. The summed E-state index contributed by atoms with van der Waals surface area (Å²) in [6.45, 7) is 0. The molecule has 0 aliphatic heterocycles. The minimum atomic E-state index is 0.653. The van der Waals surface area contributed by atoms with Crippen LogP contribution in [0.5, 0.6) is 0 Å². The quantitative estimate of drug-likeness (QED) is 0.151. The van der Waals surface area contributed by atoms with Crippen molar-refractivity contribution in [2.75, 3.05) is 4.90 Å². The Morgan fingerprint density at radius 3 is 1.21 bits per heavy atom. The Morgan fingerprint density at radius 2 is 0.672 bits per heavy atom. The fraction of sp³-hybridized carbons (Fsp3) is 0. The van der Waals surface area contributed by atoms with Gasteiger partial charge < -0.3 is 4.90 Å². The third kappa shape index (κ3) is 6.04. The predicted molar refractivity (Wildman–Crippen MR) is 255 cm³/mol. The summed E-state index contributed by atoms with van der Waals surface area (Å²) in [5.74, 6) is 1.96. The number of aromatic nitrogens is 3. The largest absolute Gasteiger partial charge is 0.310 e. The van der Waals surface area contributed by atoms with Crippen LogP contribution in [0.1, 0.15) is 0 Å². The monoisotopic (exact) mass is 776 g/mol. The van der Waals surface area contributed by atoms with Gasteiger partial charge in [0.1, 0.15) is 0 Å². The average Bonchev–Trinajstić information content (AvgIpc) is 3.34. The number of benzene rings is 11. The number of nitrogens with zero attached hydrogens (tertiary/aromatic N) is 4. The third-order valence-corrected chi connectivity index (χ3v) is 12.0. The molecule has 11 aromatic carbocycles. The fourth-order valence-electron chi connectivity index (χ4n) is 9.05. The maximum Gasteiger partial charge on any atom is 0.164 e. The summed E-state index contributed by atoms with van der Waals surface area (Å²) in [4.78, 5) is 17.6. The van der Waals surface area contributed by atoms with Crippen LogP contribution in [0.2, 0.25) is 0 Å². The molecule has 0 bridgehead atoms. The highest BCUT2D eigenvalue weighted by molar-refractivity contribution is 6.27. The van der Waals surface area contributed by atoms with Gasteiger partial charge >= 0.3 is 0 Å². The Balaban J connectivity index is 0.989. The van der Waals surface area contributed by atoms with Gasteiger partial charge in [-0.05, 0) is 107 Å². The molecule has 0 spiro atoms. The number of anilines is 3. The van der Waals surface area contributed by atoms with Gasteiger partial charge in [-0.1, -0.05) is 176 Å². The maximum absolute atomic E-state index is 5.12. The highest BCUT2D eigenvalue weighted by Crippen LogP contribution is 2.44. The second-order valence-corrected chi connectivity index (χ2v) is 15.6. The first-order chi connectivity index (χ1) is 30.2. The molecule has 0 unspecified atom stereocenters. The van der Waals surface area contributed by atoms with Crippen molar-refractivity contribution in [1.82, 2.24) is 15.0 Å². The van der Waals surface area contributed by atoms with E-state index in [0.717, 1.165) is 44.7 Å². The van der Waals surface area contributed by atoms with Gasteiger partial charge in [-0.25, -0.2) is 15.0 Å². The highest BCUT2D eigenvalue weighted by Gasteiger charge is 2.19. The highest BCUT2D eigenvalue weighted by atomic mass is 15.1. The van der Waals surface area contributed by atoms with E-state index in [1.54, 1.807) is 0 Å². The van der Waals surface area contributed by atoms with Crippen molar-refractivity contribution in [2.45, 2.75) is 0 Å². The van der Waals surface area contributed by atoms with E-state index >= 15 is 0 Å². The molecule has 0 saturated heterocycles. The van der Waals surface area contributed by atoms with Gasteiger partial charge in [-0.3, -0.25) is 0 Å². The Kier molecular flexibility index (Phi) is 8.13. The Hall–Kier alpha value is -8.21. The van der Waals surface area contributed by atoms with Crippen molar-refractivity contribution >= 4 is 70.9 Å². The molecule has 4 nitrogen and oxygen atoms in total. The lowest BCUT2D eigenvalue weighted by Crippen LogP contribution is -2.09. The topological polar surface area (TPSA) is 41.9 Å². The first-order valence-electron chi connectivity index (χ1n) is 20.7. The van der Waals surface area contributed by atoms with Gasteiger partial charge in [-0.15, -0.1) is 0 Å². The Labute approximate surface area is 353 Å². The van der Waals surface area contributed by atoms with Crippen LogP contribution in [0.3, 0.4) is 0 Å². The van der Waals surface area contributed by atoms with Gasteiger partial charge in [0.2, 0.25) is 0 Å². The standard InChI is InChI=1S/C57H36N4/c1-3-13-42(14-4-1)55-58-56(43-15-5-2-6-16-43)60-57(59-55)52-34-26-41-24-32-50-49(31-23-40-25-33-51(52)54(41)53(40)50)39-21-27-46(28-22-39)61(47-29-19-37-11-7-9-17-44(37)35-47)48-30-20-38-12-8-10-18-45(38)36-48/h1-36H. The molecule has 1 aromatic heterocycles. The van der Waals surface area contributed by atoms with Crippen LogP contribution >= 0.6 is 0 Å². The van der Waals surface area contributed by atoms with Gasteiger partial charge in [-0.2, -0.15) is 0 Å². The van der Waals surface area contributed by atoms with Crippen molar-refractivity contribution in [3.05, 3.63) is 218 Å². The van der Waals surface area contributed by atoms with E-state index in [1.807, 2.05) is 36.4 Å². The smallest absolute Gasteiger partial charge is 0.164 e. The van der Waals surface area contributed by atoms with Crippen molar-refractivity contribution in [3.63, 3.8) is 0 Å². The summed E-state index contributed by atoms with van der Waals surface area (Å²) in [6.07, 6.45) is 0. The van der Waals surface area contributed by atoms with Crippen molar-refractivity contribution in [3.8, 4) is 45.3 Å². The zero-order valence-corrected chi connectivity index (χ0v) is 33.1. The first kappa shape index (κ1) is 34.8. The minimum absolute atomic E-state index is 0.653. The number of hydrogen-bond acceptors (Lipinski definition) is 4. The van der Waals surface area contributed by atoms with Crippen LogP contribution in [0.25, 0.3) is 99.2 Å². The van der Waals surface area contributed by atoms with E-state index in [4.69, 9.17) is 15.0 Å². The average molecular weight is 777 g/mol. The third-order valence-electron chi connectivity index (χ3n) is 12.0. The number of hydrogen-bond donors (Lipinski definition) is 0. The number of fused-ring (bicyclic) bond motifs is 2. The minimum Gasteiger partial charge on any atom is -0.310 e. The van der Waals surface area contributed by atoms with Gasteiger partial charge in [0.15, 0.2) is 17.5 Å². The molecule has 0 N–H and O–H groups in total. The van der Waals surface area contributed by atoms with Crippen LogP contribution in [-0.4, -0.2) is 15.0 Å². The first-order valence-corrected chi connectivity index (χ1v) is 20.7. The summed E-state index contributed by atoms with van der Waals surface area (Å²) in [6, 6.07) is 77.9. The molecule has 61 heavy (non-hydrogen) atoms. The van der Waals surface area contributed by atoms with Gasteiger partial charge in [0.25, 0.3) is 0 Å². The van der Waals surface area contributed by atoms with E-state index in [9.17, 15) is 0 Å². The fourth-order valence-corrected chi connectivity index (χ4v) is 9.05. The molecule has 4 heteroatoms. The molecule has 0 amide bonds. The van der Waals surface area contributed by atoms with Crippen LogP contribution < -0.4 is 4.90 Å². The molecule has 0 saturated carbocycles. The molecule has 12 rings (SSSR count). The van der Waals surface area contributed by atoms with Crippen LogP contribution in [-0.2, 0) is 0 Å². The van der Waals surface area contributed by atoms with E-state index in [2.05, 4.69) is 187 Å². The molecule has 0 atom stereocenters. The lowest BCUT2D eigenvalue weighted by atomic mass is 9.88. The molecule has 0 aliphatic carbocycles. The molecule has 0 aliphatic rings. The maximum atomic E-state index is 5.12. The number of rotatable bonds is 7. The zero-order chi connectivity index (χ0) is 40.3. The van der Waals surface area contributed by atoms with E-state index in [1.165, 1.54) is 54.0 Å². The summed E-state index contributed by atoms with van der Waals surface area (Å²) in [5.41, 5.74) is 8.57. The summed E-state index contributed by atoms with van der Waals surface area (Å²) < 4.78 is 0. The normalized spacial score (nSPS) is 11.6. The summed E-state index contributed by atoms with van der Waals surface area (Å²) in [5, 5.41) is 12.1. The molecule has 0 fully saturated rings. The van der Waals surface area contributed by atoms with E-state index < -0.39 is 0 Å². The van der Waals surface area contributed by atoms with Crippen LogP contribution in [0.15, 0.2) is 218 Å². The lowest BCUT2D eigenvalue weighted by molar-refractivity contribution is 1.08. The summed E-state index contributed by atoms with van der Waals surface area (Å²) in [7, 11) is 0. The second kappa shape index (κ2) is 14.3. The molecule has 0 radical (unpaired) electrons. The molecule has 12 aromatic rings. The van der Waals surface area contributed by atoms with Crippen molar-refractivity contribution < 1.29 is 0 Å². The molecular formula is C57H36N4.